The highest BCUT2D eigenvalue weighted by atomic mass is 32.2. The molecule has 0 saturated heterocycles. The van der Waals surface area contributed by atoms with Crippen LogP contribution in [0.2, 0.25) is 0 Å². The molecular weight excluding hydrogens is 342 g/mol. The van der Waals surface area contributed by atoms with Crippen LogP contribution in [-0.2, 0) is 10.2 Å². The van der Waals surface area contributed by atoms with Crippen molar-refractivity contribution in [1.29, 1.82) is 0 Å². The van der Waals surface area contributed by atoms with Crippen LogP contribution in [0.15, 0.2) is 65.5 Å². The van der Waals surface area contributed by atoms with Crippen molar-refractivity contribution in [2.75, 3.05) is 17.7 Å². The number of likely N-dealkylation sites (N-methyl/N-ethyl adjacent to an activating group) is 1. The molecule has 3 aromatic rings. The molecule has 0 saturated carbocycles. The lowest BCUT2D eigenvalue weighted by atomic mass is 9.83. The predicted molar refractivity (Wildman–Crippen MR) is 108 cm³/mol. The first-order valence-electron chi connectivity index (χ1n) is 8.62. The molecule has 0 bridgehead atoms. The molecule has 0 spiro atoms. The van der Waals surface area contributed by atoms with E-state index in [2.05, 4.69) is 46.9 Å². The number of carbonyl (C=O) groups is 1. The number of nitrogens with zero attached hydrogens (tertiary/aromatic N) is 2. The number of nitrogens with one attached hydrogen (secondary N) is 1. The zero-order valence-electron chi connectivity index (χ0n) is 15.1. The topological polar surface area (TPSA) is 49.0 Å². The van der Waals surface area contributed by atoms with E-state index < -0.39 is 0 Å². The van der Waals surface area contributed by atoms with E-state index in [1.165, 1.54) is 23.0 Å². The molecule has 2 aromatic carbocycles. The van der Waals surface area contributed by atoms with Crippen molar-refractivity contribution < 1.29 is 4.79 Å². The first-order valence-corrected chi connectivity index (χ1v) is 9.61. The Bertz CT molecular complexity index is 986. The third-order valence-corrected chi connectivity index (χ3v) is 5.85. The Hall–Kier alpha value is -2.53. The fraction of sp³-hybridized carbons (Fsp3) is 0.238. The Morgan fingerprint density at radius 1 is 1.19 bits per heavy atom. The molecule has 132 valence electrons. The van der Waals surface area contributed by atoms with Crippen LogP contribution in [0.1, 0.15) is 19.4 Å². The van der Waals surface area contributed by atoms with E-state index in [-0.39, 0.29) is 11.2 Å². The summed E-state index contributed by atoms with van der Waals surface area (Å²) in [6.07, 6.45) is 1.79. The second-order valence-corrected chi connectivity index (χ2v) is 8.01. The number of anilines is 1. The maximum absolute atomic E-state index is 12.6. The Kier molecular flexibility index (Phi) is 4.11. The third-order valence-electron chi connectivity index (χ3n) is 4.96. The summed E-state index contributed by atoms with van der Waals surface area (Å²) in [6, 6.07) is 16.2. The smallest absolute Gasteiger partial charge is 0.167 e. The van der Waals surface area contributed by atoms with Crippen molar-refractivity contribution in [2.24, 2.45) is 0 Å². The first-order chi connectivity index (χ1) is 12.5. The van der Waals surface area contributed by atoms with E-state index in [4.69, 9.17) is 0 Å². The van der Waals surface area contributed by atoms with Crippen LogP contribution in [-0.4, -0.2) is 28.6 Å². The highest BCUT2D eigenvalue weighted by Gasteiger charge is 2.38. The normalized spacial score (nSPS) is 17.0. The number of fused-ring (bicyclic) bond motifs is 2. The lowest BCUT2D eigenvalue weighted by Crippen LogP contribution is -2.24. The van der Waals surface area contributed by atoms with Crippen LogP contribution in [0.4, 0.5) is 5.69 Å². The molecule has 0 fully saturated rings. The average molecular weight is 363 g/mol. The number of allylic oxidation sites excluding steroid dienone is 2. The molecule has 0 aliphatic carbocycles. The molecule has 1 aromatic heterocycles. The van der Waals surface area contributed by atoms with E-state index in [1.807, 2.05) is 37.4 Å². The Morgan fingerprint density at radius 3 is 2.69 bits per heavy atom. The quantitative estimate of drug-likeness (QED) is 0.546. The summed E-state index contributed by atoms with van der Waals surface area (Å²) < 4.78 is 0. The molecule has 2 heterocycles. The second kappa shape index (κ2) is 6.32. The molecule has 0 amide bonds. The third kappa shape index (κ3) is 2.82. The molecule has 4 nitrogen and oxygen atoms in total. The number of carbonyl (C=O) groups excluding carboxylic acids is 1. The summed E-state index contributed by atoms with van der Waals surface area (Å²) >= 11 is 1.44. The maximum Gasteiger partial charge on any atom is 0.167 e. The van der Waals surface area contributed by atoms with Crippen molar-refractivity contribution in [3.05, 3.63) is 65.9 Å². The van der Waals surface area contributed by atoms with Crippen molar-refractivity contribution >= 4 is 34.3 Å². The number of para-hydroxylation sites is 3. The summed E-state index contributed by atoms with van der Waals surface area (Å²) in [5.74, 6) is 0.460. The van der Waals surface area contributed by atoms with Crippen LogP contribution in [0.25, 0.3) is 11.0 Å². The molecule has 1 aliphatic heterocycles. The molecule has 1 N–H and O–H groups in total. The van der Waals surface area contributed by atoms with Crippen LogP contribution >= 0.6 is 11.8 Å². The highest BCUT2D eigenvalue weighted by Crippen LogP contribution is 2.46. The minimum Gasteiger partial charge on any atom is -0.347 e. The molecule has 26 heavy (non-hydrogen) atoms. The van der Waals surface area contributed by atoms with Gasteiger partial charge in [0.2, 0.25) is 0 Å². The Labute approximate surface area is 157 Å². The van der Waals surface area contributed by atoms with Crippen molar-refractivity contribution in [1.82, 2.24) is 9.97 Å². The summed E-state index contributed by atoms with van der Waals surface area (Å²) in [7, 11) is 2.03. The fourth-order valence-corrected chi connectivity index (χ4v) is 4.30. The highest BCUT2D eigenvalue weighted by molar-refractivity contribution is 7.99. The van der Waals surface area contributed by atoms with Gasteiger partial charge < -0.3 is 9.88 Å². The van der Waals surface area contributed by atoms with E-state index in [0.29, 0.717) is 5.75 Å². The van der Waals surface area contributed by atoms with Gasteiger partial charge in [0.25, 0.3) is 0 Å². The summed E-state index contributed by atoms with van der Waals surface area (Å²) in [5.41, 5.74) is 5.20. The van der Waals surface area contributed by atoms with Gasteiger partial charge in [0.15, 0.2) is 10.9 Å². The van der Waals surface area contributed by atoms with Gasteiger partial charge in [0.1, 0.15) is 0 Å². The molecule has 4 rings (SSSR count). The maximum atomic E-state index is 12.6. The summed E-state index contributed by atoms with van der Waals surface area (Å²) in [5, 5.41) is 0.778. The van der Waals surface area contributed by atoms with Crippen molar-refractivity contribution in [2.45, 2.75) is 24.4 Å². The summed E-state index contributed by atoms with van der Waals surface area (Å²) in [6.45, 7) is 4.33. The molecular formula is C21H21N3OS. The Morgan fingerprint density at radius 2 is 1.92 bits per heavy atom. The largest absolute Gasteiger partial charge is 0.347 e. The van der Waals surface area contributed by atoms with Gasteiger partial charge in [-0.1, -0.05) is 55.9 Å². The van der Waals surface area contributed by atoms with Crippen molar-refractivity contribution in [3.63, 3.8) is 0 Å². The van der Waals surface area contributed by atoms with Crippen molar-refractivity contribution in [3.8, 4) is 0 Å². The average Bonchev–Trinajstić information content (AvgIpc) is 3.13. The van der Waals surface area contributed by atoms with E-state index >= 15 is 0 Å². The minimum atomic E-state index is -0.176. The van der Waals surface area contributed by atoms with Crippen LogP contribution in [0.3, 0.4) is 0 Å². The Balaban J connectivity index is 1.52. The number of imidazole rings is 1. The van der Waals surface area contributed by atoms with Gasteiger partial charge in [0.05, 0.1) is 16.8 Å². The standard InChI is InChI=1S/C21H21N3OS/c1-21(2)15-8-4-7-11-18(15)24(3)19(21)12-14(25)13-26-20-22-16-9-5-6-10-17(16)23-20/h4-12H,13H2,1-3H3,(H,22,23). The van der Waals surface area contributed by atoms with Crippen LogP contribution < -0.4 is 4.90 Å². The SMILES string of the molecule is CN1C(=CC(=O)CSc2nc3ccccc3[nH]2)C(C)(C)c2ccccc21. The monoisotopic (exact) mass is 363 g/mol. The number of hydrogen-bond donors (Lipinski definition) is 1. The molecule has 5 heteroatoms. The van der Waals surface area contributed by atoms with Gasteiger partial charge in [-0.3, -0.25) is 4.79 Å². The number of H-pyrrole nitrogens is 1. The van der Waals surface area contributed by atoms with E-state index in [1.54, 1.807) is 6.08 Å². The van der Waals surface area contributed by atoms with Gasteiger partial charge in [-0.2, -0.15) is 0 Å². The predicted octanol–water partition coefficient (Wildman–Crippen LogP) is 4.54. The molecule has 0 unspecified atom stereocenters. The lowest BCUT2D eigenvalue weighted by molar-refractivity contribution is -0.112. The van der Waals surface area contributed by atoms with Gasteiger partial charge in [-0.15, -0.1) is 0 Å². The number of hydrogen-bond acceptors (Lipinski definition) is 4. The zero-order chi connectivity index (χ0) is 18.3. The summed E-state index contributed by atoms with van der Waals surface area (Å²) in [4.78, 5) is 22.5. The second-order valence-electron chi connectivity index (χ2n) is 7.04. The van der Waals surface area contributed by atoms with Crippen LogP contribution in [0, 0.1) is 0 Å². The molecule has 0 atom stereocenters. The molecule has 0 radical (unpaired) electrons. The number of aromatic amines is 1. The first kappa shape index (κ1) is 16.9. The minimum absolute atomic E-state index is 0.0955. The number of aromatic nitrogens is 2. The number of thioether (sulfide) groups is 1. The number of ketones is 1. The van der Waals surface area contributed by atoms with E-state index in [0.717, 1.165) is 21.9 Å². The molecule has 1 aliphatic rings. The van der Waals surface area contributed by atoms with Gasteiger partial charge >= 0.3 is 0 Å². The fourth-order valence-electron chi connectivity index (χ4n) is 3.59. The van der Waals surface area contributed by atoms with Gasteiger partial charge in [-0.05, 0) is 23.8 Å². The number of rotatable bonds is 4. The van der Waals surface area contributed by atoms with Gasteiger partial charge in [0, 0.05) is 29.9 Å². The number of benzene rings is 2. The lowest BCUT2D eigenvalue weighted by Gasteiger charge is -2.23. The van der Waals surface area contributed by atoms with Gasteiger partial charge in [-0.25, -0.2) is 4.98 Å². The van der Waals surface area contributed by atoms with E-state index in [9.17, 15) is 4.79 Å². The van der Waals surface area contributed by atoms with Crippen LogP contribution in [0.5, 0.6) is 0 Å². The zero-order valence-corrected chi connectivity index (χ0v) is 15.9.